The number of carbonyl (C=O) groups is 1. The lowest BCUT2D eigenvalue weighted by Gasteiger charge is -2.09. The van der Waals surface area contributed by atoms with E-state index in [0.29, 0.717) is 11.3 Å². The molecule has 0 bridgehead atoms. The predicted octanol–water partition coefficient (Wildman–Crippen LogP) is 3.41. The number of nitrogens with zero attached hydrogens (tertiary/aromatic N) is 1. The van der Waals surface area contributed by atoms with Gasteiger partial charge < -0.3 is 4.74 Å². The van der Waals surface area contributed by atoms with Crippen LogP contribution < -0.4 is 4.74 Å². The predicted molar refractivity (Wildman–Crippen MR) is 73.2 cm³/mol. The molecular weight excluding hydrogens is 294 g/mol. The molecule has 0 N–H and O–H groups in total. The lowest BCUT2D eigenvalue weighted by Crippen LogP contribution is -2.07. The highest BCUT2D eigenvalue weighted by Gasteiger charge is 2.19. The molecule has 2 rings (SSSR count). The van der Waals surface area contributed by atoms with E-state index in [2.05, 4.69) is 20.9 Å². The highest BCUT2D eigenvalue weighted by atomic mass is 79.9. The molecule has 0 unspecified atom stereocenters. The van der Waals surface area contributed by atoms with E-state index in [1.54, 1.807) is 37.7 Å². The van der Waals surface area contributed by atoms with Crippen LogP contribution in [0.15, 0.2) is 48.8 Å². The Balaban J connectivity index is 2.25. The summed E-state index contributed by atoms with van der Waals surface area (Å²) in [4.78, 5) is 15.9. The van der Waals surface area contributed by atoms with Crippen molar-refractivity contribution in [1.29, 1.82) is 0 Å². The van der Waals surface area contributed by atoms with Gasteiger partial charge in [-0.05, 0) is 23.8 Å². The largest absolute Gasteiger partial charge is 0.497 e. The molecule has 0 aliphatic heterocycles. The van der Waals surface area contributed by atoms with Crippen LogP contribution in [0.2, 0.25) is 0 Å². The second-order valence-electron chi connectivity index (χ2n) is 3.75. The molecule has 1 aromatic heterocycles. The van der Waals surface area contributed by atoms with E-state index >= 15 is 0 Å². The lowest BCUT2D eigenvalue weighted by atomic mass is 10.0. The molecule has 1 aromatic carbocycles. The number of aromatic nitrogens is 1. The van der Waals surface area contributed by atoms with Crippen LogP contribution in [0.5, 0.6) is 5.75 Å². The Labute approximate surface area is 114 Å². The number of rotatable bonds is 4. The Morgan fingerprint density at radius 1 is 1.33 bits per heavy atom. The third-order valence-electron chi connectivity index (χ3n) is 2.56. The lowest BCUT2D eigenvalue weighted by molar-refractivity contribution is 0.0991. The molecule has 0 saturated heterocycles. The zero-order valence-electron chi connectivity index (χ0n) is 9.84. The first-order valence-electron chi connectivity index (χ1n) is 5.44. The number of ether oxygens (including phenoxy) is 1. The van der Waals surface area contributed by atoms with E-state index in [0.717, 1.165) is 5.56 Å². The second kappa shape index (κ2) is 5.78. The van der Waals surface area contributed by atoms with Crippen molar-refractivity contribution in [1.82, 2.24) is 4.98 Å². The first kappa shape index (κ1) is 12.8. The topological polar surface area (TPSA) is 39.2 Å². The van der Waals surface area contributed by atoms with Gasteiger partial charge in [0.25, 0.3) is 0 Å². The van der Waals surface area contributed by atoms with Crippen molar-refractivity contribution >= 4 is 21.7 Å². The van der Waals surface area contributed by atoms with Gasteiger partial charge in [-0.15, -0.1) is 0 Å². The fraction of sp³-hybridized carbons (Fsp3) is 0.143. The average Bonchev–Trinajstić information content (AvgIpc) is 2.46. The quantitative estimate of drug-likeness (QED) is 0.642. The molecule has 0 spiro atoms. The highest BCUT2D eigenvalue weighted by Crippen LogP contribution is 2.27. The molecule has 2 aromatic rings. The van der Waals surface area contributed by atoms with Crippen molar-refractivity contribution in [2.75, 3.05) is 7.11 Å². The minimum Gasteiger partial charge on any atom is -0.497 e. The number of hydrogen-bond acceptors (Lipinski definition) is 3. The van der Waals surface area contributed by atoms with Crippen LogP contribution in [0, 0.1) is 0 Å². The van der Waals surface area contributed by atoms with Gasteiger partial charge >= 0.3 is 0 Å². The second-order valence-corrected chi connectivity index (χ2v) is 4.66. The minimum atomic E-state index is -0.390. The Bertz CT molecular complexity index is 543. The van der Waals surface area contributed by atoms with Gasteiger partial charge in [0.05, 0.1) is 7.11 Å². The molecule has 1 heterocycles. The van der Waals surface area contributed by atoms with Crippen molar-refractivity contribution in [3.8, 4) is 5.75 Å². The highest BCUT2D eigenvalue weighted by molar-refractivity contribution is 9.09. The number of methoxy groups -OCH3 is 1. The van der Waals surface area contributed by atoms with E-state index in [4.69, 9.17) is 4.74 Å². The number of Topliss-reactive ketones (excluding diaryl/α,β-unsaturated/α-hetero) is 1. The number of hydrogen-bond donors (Lipinski definition) is 0. The smallest absolute Gasteiger partial charge is 0.181 e. The number of ketones is 1. The van der Waals surface area contributed by atoms with Gasteiger partial charge in [0.15, 0.2) is 5.78 Å². The summed E-state index contributed by atoms with van der Waals surface area (Å²) in [5.41, 5.74) is 1.45. The summed E-state index contributed by atoms with van der Waals surface area (Å²) >= 11 is 3.40. The summed E-state index contributed by atoms with van der Waals surface area (Å²) in [6, 6.07) is 10.8. The molecule has 4 heteroatoms. The SMILES string of the molecule is COc1cccc(C(=O)[C@H](Br)c2cccnc2)c1. The Morgan fingerprint density at radius 3 is 2.83 bits per heavy atom. The zero-order valence-corrected chi connectivity index (χ0v) is 11.4. The minimum absolute atomic E-state index is 0.0121. The van der Waals surface area contributed by atoms with Gasteiger partial charge in [-0.2, -0.15) is 0 Å². The maximum Gasteiger partial charge on any atom is 0.181 e. The Morgan fingerprint density at radius 2 is 2.17 bits per heavy atom. The number of benzene rings is 1. The van der Waals surface area contributed by atoms with Gasteiger partial charge in [0.2, 0.25) is 0 Å². The third-order valence-corrected chi connectivity index (χ3v) is 3.51. The molecule has 18 heavy (non-hydrogen) atoms. The first-order valence-corrected chi connectivity index (χ1v) is 6.36. The van der Waals surface area contributed by atoms with E-state index in [9.17, 15) is 4.79 Å². The molecule has 3 nitrogen and oxygen atoms in total. The summed E-state index contributed by atoms with van der Waals surface area (Å²) in [5, 5.41) is 0. The molecule has 1 atom stereocenters. The molecule has 0 aliphatic rings. The molecule has 0 fully saturated rings. The summed E-state index contributed by atoms with van der Waals surface area (Å²) in [5.74, 6) is 0.661. The number of carbonyl (C=O) groups excluding carboxylic acids is 1. The fourth-order valence-corrected chi connectivity index (χ4v) is 2.14. The van der Waals surface area contributed by atoms with Crippen molar-refractivity contribution in [2.24, 2.45) is 0 Å². The van der Waals surface area contributed by atoms with Crippen LogP contribution in [-0.4, -0.2) is 17.9 Å². The molecule has 0 amide bonds. The van der Waals surface area contributed by atoms with E-state index in [1.165, 1.54) is 0 Å². The van der Waals surface area contributed by atoms with Gasteiger partial charge in [-0.3, -0.25) is 9.78 Å². The monoisotopic (exact) mass is 305 g/mol. The van der Waals surface area contributed by atoms with Gasteiger partial charge in [0.1, 0.15) is 10.6 Å². The fourth-order valence-electron chi connectivity index (χ4n) is 1.60. The van der Waals surface area contributed by atoms with Crippen LogP contribution >= 0.6 is 15.9 Å². The molecule has 0 saturated carbocycles. The maximum absolute atomic E-state index is 12.3. The van der Waals surface area contributed by atoms with Crippen LogP contribution in [0.25, 0.3) is 0 Å². The van der Waals surface area contributed by atoms with Crippen molar-refractivity contribution < 1.29 is 9.53 Å². The number of pyridine rings is 1. The van der Waals surface area contributed by atoms with Crippen LogP contribution in [0.1, 0.15) is 20.7 Å². The molecule has 0 aliphatic carbocycles. The van der Waals surface area contributed by atoms with Crippen LogP contribution in [-0.2, 0) is 0 Å². The normalized spacial score (nSPS) is 11.9. The zero-order chi connectivity index (χ0) is 13.0. The Kier molecular flexibility index (Phi) is 4.10. The maximum atomic E-state index is 12.3. The van der Waals surface area contributed by atoms with E-state index in [1.807, 2.05) is 18.2 Å². The molecule has 92 valence electrons. The van der Waals surface area contributed by atoms with Gasteiger partial charge in [0, 0.05) is 18.0 Å². The summed E-state index contributed by atoms with van der Waals surface area (Å²) in [6.07, 6.45) is 3.36. The van der Waals surface area contributed by atoms with Crippen LogP contribution in [0.4, 0.5) is 0 Å². The third kappa shape index (κ3) is 2.76. The van der Waals surface area contributed by atoms with Crippen molar-refractivity contribution in [3.63, 3.8) is 0 Å². The van der Waals surface area contributed by atoms with Gasteiger partial charge in [-0.25, -0.2) is 0 Å². The van der Waals surface area contributed by atoms with Crippen molar-refractivity contribution in [3.05, 3.63) is 59.9 Å². The summed E-state index contributed by atoms with van der Waals surface area (Å²) < 4.78 is 5.11. The molecular formula is C14H12BrNO2. The number of alkyl halides is 1. The standard InChI is InChI=1S/C14H12BrNO2/c1-18-12-6-2-4-10(8-12)14(17)13(15)11-5-3-7-16-9-11/h2-9,13H,1H3/t13-/m1/s1. The average molecular weight is 306 g/mol. The number of halogens is 1. The van der Waals surface area contributed by atoms with Gasteiger partial charge in [-0.1, -0.05) is 34.1 Å². The summed E-state index contributed by atoms with van der Waals surface area (Å²) in [7, 11) is 1.58. The molecule has 0 radical (unpaired) electrons. The van der Waals surface area contributed by atoms with Crippen LogP contribution in [0.3, 0.4) is 0 Å². The van der Waals surface area contributed by atoms with Crippen molar-refractivity contribution in [2.45, 2.75) is 4.83 Å². The Hall–Kier alpha value is -1.68. The first-order chi connectivity index (χ1) is 8.72. The van der Waals surface area contributed by atoms with E-state index < -0.39 is 4.83 Å². The summed E-state index contributed by atoms with van der Waals surface area (Å²) in [6.45, 7) is 0. The van der Waals surface area contributed by atoms with E-state index in [-0.39, 0.29) is 5.78 Å².